The third-order valence-electron chi connectivity index (χ3n) is 3.80. The number of nitrogens with zero attached hydrogens (tertiary/aromatic N) is 1. The van der Waals surface area contributed by atoms with Crippen molar-refractivity contribution in [2.24, 2.45) is 11.8 Å². The van der Waals surface area contributed by atoms with E-state index in [1.165, 1.54) is 6.42 Å². The average molecular weight is 240 g/mol. The van der Waals surface area contributed by atoms with Crippen molar-refractivity contribution in [2.45, 2.75) is 26.2 Å². The Morgan fingerprint density at radius 3 is 3.06 bits per heavy atom. The quantitative estimate of drug-likeness (QED) is 0.793. The van der Waals surface area contributed by atoms with E-state index < -0.39 is 0 Å². The maximum atomic E-state index is 12.3. The summed E-state index contributed by atoms with van der Waals surface area (Å²) in [5, 5.41) is 3.27. The number of ether oxygens (including phenoxy) is 1. The minimum absolute atomic E-state index is 0.223. The van der Waals surface area contributed by atoms with Crippen LogP contribution < -0.4 is 5.32 Å². The molecule has 2 aliphatic heterocycles. The van der Waals surface area contributed by atoms with Crippen LogP contribution in [0.1, 0.15) is 26.2 Å². The van der Waals surface area contributed by atoms with Gasteiger partial charge in [-0.05, 0) is 38.6 Å². The zero-order chi connectivity index (χ0) is 12.1. The van der Waals surface area contributed by atoms with Gasteiger partial charge in [-0.3, -0.25) is 4.79 Å². The van der Waals surface area contributed by atoms with Crippen LogP contribution in [0.3, 0.4) is 0 Å². The second kappa shape index (κ2) is 6.36. The SMILES string of the molecule is CCOC[C@@H]1CCCN(C(=O)[C@@H]2CCNC2)C1. The Labute approximate surface area is 104 Å². The van der Waals surface area contributed by atoms with Gasteiger partial charge in [-0.25, -0.2) is 0 Å². The van der Waals surface area contributed by atoms with Crippen LogP contribution in [0.4, 0.5) is 0 Å². The Balaban J connectivity index is 1.81. The molecule has 1 N–H and O–H groups in total. The van der Waals surface area contributed by atoms with Gasteiger partial charge in [0.15, 0.2) is 0 Å². The number of rotatable bonds is 4. The highest BCUT2D eigenvalue weighted by Crippen LogP contribution is 2.20. The van der Waals surface area contributed by atoms with Crippen LogP contribution in [-0.2, 0) is 9.53 Å². The van der Waals surface area contributed by atoms with E-state index in [0.717, 1.165) is 52.2 Å². The van der Waals surface area contributed by atoms with Crippen LogP contribution in [0, 0.1) is 11.8 Å². The first-order valence-corrected chi connectivity index (χ1v) is 6.88. The van der Waals surface area contributed by atoms with E-state index in [4.69, 9.17) is 4.74 Å². The lowest BCUT2D eigenvalue weighted by molar-refractivity contribution is -0.137. The molecule has 4 nitrogen and oxygen atoms in total. The minimum Gasteiger partial charge on any atom is -0.381 e. The molecule has 2 rings (SSSR count). The van der Waals surface area contributed by atoms with Gasteiger partial charge in [0.25, 0.3) is 0 Å². The molecule has 0 spiro atoms. The molecule has 0 aromatic carbocycles. The highest BCUT2D eigenvalue weighted by atomic mass is 16.5. The third-order valence-corrected chi connectivity index (χ3v) is 3.80. The Morgan fingerprint density at radius 1 is 1.47 bits per heavy atom. The van der Waals surface area contributed by atoms with Crippen molar-refractivity contribution in [3.8, 4) is 0 Å². The summed E-state index contributed by atoms with van der Waals surface area (Å²) in [5.74, 6) is 1.12. The van der Waals surface area contributed by atoms with Gasteiger partial charge >= 0.3 is 0 Å². The predicted molar refractivity (Wildman–Crippen MR) is 66.8 cm³/mol. The average Bonchev–Trinajstić information content (AvgIpc) is 2.89. The molecule has 2 aliphatic rings. The molecular weight excluding hydrogens is 216 g/mol. The fraction of sp³-hybridized carbons (Fsp3) is 0.923. The fourth-order valence-corrected chi connectivity index (χ4v) is 2.81. The number of amides is 1. The standard InChI is InChI=1S/C13H24N2O2/c1-2-17-10-11-4-3-7-15(9-11)13(16)12-5-6-14-8-12/h11-12,14H,2-10H2,1H3/t11-,12-/m1/s1. The van der Waals surface area contributed by atoms with Crippen LogP contribution >= 0.6 is 0 Å². The molecule has 2 fully saturated rings. The van der Waals surface area contributed by atoms with E-state index in [1.807, 2.05) is 6.92 Å². The molecule has 0 aliphatic carbocycles. The summed E-state index contributed by atoms with van der Waals surface area (Å²) >= 11 is 0. The summed E-state index contributed by atoms with van der Waals surface area (Å²) in [5.41, 5.74) is 0. The van der Waals surface area contributed by atoms with Gasteiger partial charge in [0.05, 0.1) is 12.5 Å². The highest BCUT2D eigenvalue weighted by molar-refractivity contribution is 5.79. The van der Waals surface area contributed by atoms with Crippen LogP contribution in [0.2, 0.25) is 0 Å². The highest BCUT2D eigenvalue weighted by Gasteiger charge is 2.30. The first-order chi connectivity index (χ1) is 8.31. The molecule has 0 unspecified atom stereocenters. The van der Waals surface area contributed by atoms with E-state index in [1.54, 1.807) is 0 Å². The second-order valence-electron chi connectivity index (χ2n) is 5.14. The maximum absolute atomic E-state index is 12.3. The lowest BCUT2D eigenvalue weighted by Crippen LogP contribution is -2.44. The molecule has 0 saturated carbocycles. The summed E-state index contributed by atoms with van der Waals surface area (Å²) in [6.07, 6.45) is 3.34. The van der Waals surface area contributed by atoms with E-state index in [2.05, 4.69) is 10.2 Å². The number of likely N-dealkylation sites (tertiary alicyclic amines) is 1. The number of nitrogens with one attached hydrogen (secondary N) is 1. The molecule has 17 heavy (non-hydrogen) atoms. The summed E-state index contributed by atoms with van der Waals surface area (Å²) in [6, 6.07) is 0. The first kappa shape index (κ1) is 12.8. The van der Waals surface area contributed by atoms with Crippen LogP contribution in [0.25, 0.3) is 0 Å². The molecule has 2 atom stereocenters. The Morgan fingerprint density at radius 2 is 2.35 bits per heavy atom. The topological polar surface area (TPSA) is 41.6 Å². The van der Waals surface area contributed by atoms with Gasteiger partial charge in [-0.1, -0.05) is 0 Å². The fourth-order valence-electron chi connectivity index (χ4n) is 2.81. The van der Waals surface area contributed by atoms with Gasteiger partial charge in [0, 0.05) is 26.2 Å². The van der Waals surface area contributed by atoms with Crippen molar-refractivity contribution >= 4 is 5.91 Å². The smallest absolute Gasteiger partial charge is 0.227 e. The zero-order valence-corrected chi connectivity index (χ0v) is 10.8. The van der Waals surface area contributed by atoms with Gasteiger partial charge in [0.2, 0.25) is 5.91 Å². The molecule has 0 radical (unpaired) electrons. The van der Waals surface area contributed by atoms with Crippen molar-refractivity contribution in [2.75, 3.05) is 39.4 Å². The molecule has 1 amide bonds. The van der Waals surface area contributed by atoms with Crippen LogP contribution in [0.5, 0.6) is 0 Å². The molecule has 2 saturated heterocycles. The Bertz CT molecular complexity index is 252. The van der Waals surface area contributed by atoms with Crippen molar-refractivity contribution in [1.29, 1.82) is 0 Å². The maximum Gasteiger partial charge on any atom is 0.227 e. The van der Waals surface area contributed by atoms with Crippen molar-refractivity contribution in [3.63, 3.8) is 0 Å². The molecule has 2 heterocycles. The van der Waals surface area contributed by atoms with Gasteiger partial charge < -0.3 is 15.0 Å². The second-order valence-corrected chi connectivity index (χ2v) is 5.14. The lowest BCUT2D eigenvalue weighted by Gasteiger charge is -2.34. The van der Waals surface area contributed by atoms with E-state index >= 15 is 0 Å². The van der Waals surface area contributed by atoms with Gasteiger partial charge in [-0.2, -0.15) is 0 Å². The Kier molecular flexibility index (Phi) is 4.80. The van der Waals surface area contributed by atoms with Crippen molar-refractivity contribution in [3.05, 3.63) is 0 Å². The third kappa shape index (κ3) is 3.42. The zero-order valence-electron chi connectivity index (χ0n) is 10.8. The number of hydrogen-bond acceptors (Lipinski definition) is 3. The molecule has 0 aromatic heterocycles. The molecular formula is C13H24N2O2. The molecule has 0 bridgehead atoms. The lowest BCUT2D eigenvalue weighted by atomic mass is 9.97. The number of carbonyl (C=O) groups is 1. The molecule has 98 valence electrons. The predicted octanol–water partition coefficient (Wildman–Crippen LogP) is 0.871. The first-order valence-electron chi connectivity index (χ1n) is 6.88. The van der Waals surface area contributed by atoms with E-state index in [0.29, 0.717) is 11.8 Å². The Hall–Kier alpha value is -0.610. The number of hydrogen-bond donors (Lipinski definition) is 1. The number of piperidine rings is 1. The summed E-state index contributed by atoms with van der Waals surface area (Å²) in [7, 11) is 0. The van der Waals surface area contributed by atoms with E-state index in [-0.39, 0.29) is 5.92 Å². The van der Waals surface area contributed by atoms with E-state index in [9.17, 15) is 4.79 Å². The number of carbonyl (C=O) groups excluding carboxylic acids is 1. The van der Waals surface area contributed by atoms with Gasteiger partial charge in [-0.15, -0.1) is 0 Å². The molecule has 0 aromatic rings. The van der Waals surface area contributed by atoms with Gasteiger partial charge in [0.1, 0.15) is 0 Å². The summed E-state index contributed by atoms with van der Waals surface area (Å²) in [4.78, 5) is 14.3. The molecule has 4 heteroatoms. The monoisotopic (exact) mass is 240 g/mol. The largest absolute Gasteiger partial charge is 0.381 e. The van der Waals surface area contributed by atoms with Crippen LogP contribution in [-0.4, -0.2) is 50.2 Å². The van der Waals surface area contributed by atoms with Crippen LogP contribution in [0.15, 0.2) is 0 Å². The van der Waals surface area contributed by atoms with Crippen molar-refractivity contribution < 1.29 is 9.53 Å². The summed E-state index contributed by atoms with van der Waals surface area (Å²) < 4.78 is 5.48. The minimum atomic E-state index is 0.223. The summed E-state index contributed by atoms with van der Waals surface area (Å²) in [6.45, 7) is 7.31. The van der Waals surface area contributed by atoms with Crippen molar-refractivity contribution in [1.82, 2.24) is 10.2 Å². The normalized spacial score (nSPS) is 29.6.